The molecule has 0 bridgehead atoms. The maximum Gasteiger partial charge on any atom is 0.232 e. The molecule has 0 amide bonds. The predicted molar refractivity (Wildman–Crippen MR) is 149 cm³/mol. The number of aromatic hydroxyl groups is 1. The number of rotatable bonds is 9. The second-order valence-corrected chi connectivity index (χ2v) is 9.32. The van der Waals surface area contributed by atoms with Crippen molar-refractivity contribution in [3.63, 3.8) is 0 Å². The molecule has 4 aromatic rings. The van der Waals surface area contributed by atoms with Gasteiger partial charge in [-0.05, 0) is 52.9 Å². The Morgan fingerprint density at radius 3 is 2.41 bits per heavy atom. The number of nitrogens with zero attached hydrogens (tertiary/aromatic N) is 4. The molecule has 190 valence electrons. The van der Waals surface area contributed by atoms with Crippen LogP contribution in [0.4, 0.5) is 17.8 Å². The van der Waals surface area contributed by atoms with E-state index in [4.69, 9.17) is 21.6 Å². The van der Waals surface area contributed by atoms with E-state index >= 15 is 0 Å². The first kappa shape index (κ1) is 24.8. The molecule has 1 fully saturated rings. The summed E-state index contributed by atoms with van der Waals surface area (Å²) in [6.45, 7) is 4.69. The Kier molecular flexibility index (Phi) is 7.98. The van der Waals surface area contributed by atoms with Gasteiger partial charge < -0.3 is 26.0 Å². The van der Waals surface area contributed by atoms with E-state index in [1.807, 2.05) is 42.5 Å². The number of piperazine rings is 1. The third-order valence-corrected chi connectivity index (χ3v) is 6.48. The highest BCUT2D eigenvalue weighted by Gasteiger charge is 2.16. The molecule has 2 heterocycles. The Hall–Kier alpha value is -3.88. The van der Waals surface area contributed by atoms with Gasteiger partial charge in [0.1, 0.15) is 5.75 Å². The van der Waals surface area contributed by atoms with Crippen LogP contribution >= 0.6 is 11.6 Å². The largest absolute Gasteiger partial charge is 0.508 e. The number of hydrogen-bond donors (Lipinski definition) is 4. The Balaban J connectivity index is 1.33. The van der Waals surface area contributed by atoms with Gasteiger partial charge in [0.25, 0.3) is 0 Å². The summed E-state index contributed by atoms with van der Waals surface area (Å²) in [4.78, 5) is 16.3. The predicted octanol–water partition coefficient (Wildman–Crippen LogP) is 4.57. The Labute approximate surface area is 221 Å². The van der Waals surface area contributed by atoms with Gasteiger partial charge in [0.15, 0.2) is 0 Å². The molecule has 1 aliphatic heterocycles. The van der Waals surface area contributed by atoms with Crippen LogP contribution in [0.1, 0.15) is 11.1 Å². The van der Waals surface area contributed by atoms with E-state index in [-0.39, 0.29) is 5.75 Å². The summed E-state index contributed by atoms with van der Waals surface area (Å²) in [6, 6.07) is 23.4. The summed E-state index contributed by atoms with van der Waals surface area (Å²) in [5.74, 6) is 1.99. The standard InChI is InChI=1S/C28H30ClN7O/c29-23-6-3-5-21(18-23)25-7-2-1-4-22(25)19-32-27-33-26(31-13-12-20-8-10-24(37)11-9-20)34-28(35-27)36-16-14-30-15-17-36/h1-11,18,30,37H,12-17,19H2,(H2,31,32,33,34,35). The number of phenolic OH excluding ortho intramolecular Hbond substituents is 1. The van der Waals surface area contributed by atoms with Gasteiger partial charge in [-0.1, -0.05) is 60.1 Å². The lowest BCUT2D eigenvalue weighted by Gasteiger charge is -2.27. The van der Waals surface area contributed by atoms with Gasteiger partial charge in [-0.2, -0.15) is 15.0 Å². The van der Waals surface area contributed by atoms with Crippen molar-refractivity contribution in [2.75, 3.05) is 48.3 Å². The number of nitrogens with one attached hydrogen (secondary N) is 3. The molecular weight excluding hydrogens is 486 g/mol. The molecule has 0 aliphatic carbocycles. The highest BCUT2D eigenvalue weighted by molar-refractivity contribution is 6.30. The lowest BCUT2D eigenvalue weighted by atomic mass is 10.00. The molecule has 4 N–H and O–H groups in total. The van der Waals surface area contributed by atoms with E-state index in [0.29, 0.717) is 36.0 Å². The van der Waals surface area contributed by atoms with Crippen LogP contribution in [0.25, 0.3) is 11.1 Å². The zero-order chi connectivity index (χ0) is 25.5. The molecule has 3 aromatic carbocycles. The third kappa shape index (κ3) is 6.67. The van der Waals surface area contributed by atoms with Gasteiger partial charge in [-0.25, -0.2) is 0 Å². The molecule has 37 heavy (non-hydrogen) atoms. The Bertz CT molecular complexity index is 1330. The number of anilines is 3. The Morgan fingerprint density at radius 2 is 1.62 bits per heavy atom. The lowest BCUT2D eigenvalue weighted by Crippen LogP contribution is -2.44. The van der Waals surface area contributed by atoms with Crippen molar-refractivity contribution in [1.29, 1.82) is 0 Å². The van der Waals surface area contributed by atoms with Gasteiger partial charge in [0.05, 0.1) is 0 Å². The smallest absolute Gasteiger partial charge is 0.232 e. The van der Waals surface area contributed by atoms with Crippen molar-refractivity contribution in [3.05, 3.63) is 88.9 Å². The van der Waals surface area contributed by atoms with Crippen LogP contribution in [0.2, 0.25) is 5.02 Å². The summed E-state index contributed by atoms with van der Waals surface area (Å²) >= 11 is 6.25. The third-order valence-electron chi connectivity index (χ3n) is 6.25. The van der Waals surface area contributed by atoms with E-state index in [0.717, 1.165) is 54.9 Å². The number of halogens is 1. The van der Waals surface area contributed by atoms with Crippen LogP contribution in [-0.4, -0.2) is 52.8 Å². The van der Waals surface area contributed by atoms with E-state index in [9.17, 15) is 5.11 Å². The molecule has 0 saturated carbocycles. The minimum absolute atomic E-state index is 0.266. The average Bonchev–Trinajstić information content (AvgIpc) is 2.93. The summed E-state index contributed by atoms with van der Waals surface area (Å²) in [5, 5.41) is 20.4. The number of benzene rings is 3. The summed E-state index contributed by atoms with van der Waals surface area (Å²) in [5.41, 5.74) is 4.42. The van der Waals surface area contributed by atoms with Crippen LogP contribution in [0.5, 0.6) is 5.75 Å². The average molecular weight is 516 g/mol. The number of phenols is 1. The molecule has 0 spiro atoms. The fourth-order valence-electron chi connectivity index (χ4n) is 4.30. The van der Waals surface area contributed by atoms with E-state index in [1.54, 1.807) is 12.1 Å². The van der Waals surface area contributed by atoms with Crippen molar-refractivity contribution in [3.8, 4) is 16.9 Å². The van der Waals surface area contributed by atoms with Gasteiger partial charge in [0, 0.05) is 44.3 Å². The van der Waals surface area contributed by atoms with Crippen LogP contribution in [0.3, 0.4) is 0 Å². The van der Waals surface area contributed by atoms with E-state index in [2.05, 4.69) is 44.0 Å². The summed E-state index contributed by atoms with van der Waals surface area (Å²) in [7, 11) is 0. The number of hydrogen-bond acceptors (Lipinski definition) is 8. The van der Waals surface area contributed by atoms with Crippen LogP contribution < -0.4 is 20.9 Å². The van der Waals surface area contributed by atoms with E-state index < -0.39 is 0 Å². The molecule has 1 aliphatic rings. The van der Waals surface area contributed by atoms with Crippen LogP contribution in [0.15, 0.2) is 72.8 Å². The first-order valence-corrected chi connectivity index (χ1v) is 12.8. The van der Waals surface area contributed by atoms with Gasteiger partial charge in [-0.3, -0.25) is 0 Å². The quantitative estimate of drug-likeness (QED) is 0.257. The van der Waals surface area contributed by atoms with Crippen molar-refractivity contribution >= 4 is 29.4 Å². The monoisotopic (exact) mass is 515 g/mol. The zero-order valence-electron chi connectivity index (χ0n) is 20.5. The fraction of sp³-hybridized carbons (Fsp3) is 0.250. The lowest BCUT2D eigenvalue weighted by molar-refractivity contribution is 0.475. The van der Waals surface area contributed by atoms with E-state index in [1.165, 1.54) is 0 Å². The normalized spacial score (nSPS) is 13.4. The first-order chi connectivity index (χ1) is 18.1. The summed E-state index contributed by atoms with van der Waals surface area (Å²) < 4.78 is 0. The highest BCUT2D eigenvalue weighted by Crippen LogP contribution is 2.27. The molecule has 9 heteroatoms. The molecule has 1 saturated heterocycles. The second kappa shape index (κ2) is 11.9. The van der Waals surface area contributed by atoms with Crippen molar-refractivity contribution in [1.82, 2.24) is 20.3 Å². The second-order valence-electron chi connectivity index (χ2n) is 8.88. The molecule has 0 atom stereocenters. The van der Waals surface area contributed by atoms with Gasteiger partial charge in [-0.15, -0.1) is 0 Å². The molecule has 5 rings (SSSR count). The van der Waals surface area contributed by atoms with Crippen LogP contribution in [0, 0.1) is 0 Å². The van der Waals surface area contributed by atoms with Gasteiger partial charge in [0.2, 0.25) is 17.8 Å². The zero-order valence-corrected chi connectivity index (χ0v) is 21.2. The molecule has 0 unspecified atom stereocenters. The molecule has 0 radical (unpaired) electrons. The topological polar surface area (TPSA) is 98.2 Å². The van der Waals surface area contributed by atoms with Crippen molar-refractivity contribution < 1.29 is 5.11 Å². The molecule has 8 nitrogen and oxygen atoms in total. The minimum atomic E-state index is 0.266. The SMILES string of the molecule is Oc1ccc(CCNc2nc(NCc3ccccc3-c3cccc(Cl)c3)nc(N3CCNCC3)n2)cc1. The van der Waals surface area contributed by atoms with Gasteiger partial charge >= 0.3 is 0 Å². The van der Waals surface area contributed by atoms with Crippen LogP contribution in [-0.2, 0) is 13.0 Å². The van der Waals surface area contributed by atoms with Crippen molar-refractivity contribution in [2.24, 2.45) is 0 Å². The Morgan fingerprint density at radius 1 is 0.865 bits per heavy atom. The maximum atomic E-state index is 9.51. The summed E-state index contributed by atoms with van der Waals surface area (Å²) in [6.07, 6.45) is 0.782. The maximum absolute atomic E-state index is 9.51. The molecular formula is C28H30ClN7O. The minimum Gasteiger partial charge on any atom is -0.508 e. The number of aromatic nitrogens is 3. The molecule has 1 aromatic heterocycles. The highest BCUT2D eigenvalue weighted by atomic mass is 35.5. The fourth-order valence-corrected chi connectivity index (χ4v) is 4.49. The van der Waals surface area contributed by atoms with Crippen molar-refractivity contribution in [2.45, 2.75) is 13.0 Å². The first-order valence-electron chi connectivity index (χ1n) is 12.5.